The number of nitrogens with zero attached hydrogens (tertiary/aromatic N) is 2. The largest absolute Gasteiger partial charge is 0.289 e. The van der Waals surface area contributed by atoms with Gasteiger partial charge in [0.15, 0.2) is 0 Å². The van der Waals surface area contributed by atoms with Gasteiger partial charge in [-0.2, -0.15) is 0 Å². The fraction of sp³-hybridized carbons (Fsp3) is 0.292. The van der Waals surface area contributed by atoms with Crippen molar-refractivity contribution in [3.8, 4) is 0 Å². The highest BCUT2D eigenvalue weighted by Crippen LogP contribution is 2.34. The summed E-state index contributed by atoms with van der Waals surface area (Å²) in [5.41, 5.74) is 3.68. The fourth-order valence-corrected chi connectivity index (χ4v) is 4.38. The van der Waals surface area contributed by atoms with E-state index in [2.05, 4.69) is 97.9 Å². The van der Waals surface area contributed by atoms with Crippen LogP contribution in [0.1, 0.15) is 37.6 Å². The molecule has 0 atom stereocenters. The Morgan fingerprint density at radius 3 is 2.14 bits per heavy atom. The second-order valence-corrected chi connectivity index (χ2v) is 10.3. The molecule has 0 aliphatic rings. The second-order valence-electron chi connectivity index (χ2n) is 7.92. The SMILES string of the molecule is CC(C)(C)Sc1ccccc1CN(Cc1ccccn1)Cc1ccccc1S. The quantitative estimate of drug-likeness (QED) is 0.357. The van der Waals surface area contributed by atoms with E-state index in [1.54, 1.807) is 0 Å². The van der Waals surface area contributed by atoms with Crippen molar-refractivity contribution in [3.63, 3.8) is 0 Å². The Morgan fingerprint density at radius 1 is 0.821 bits per heavy atom. The molecule has 0 bridgehead atoms. The topological polar surface area (TPSA) is 16.1 Å². The van der Waals surface area contributed by atoms with Crippen LogP contribution in [0, 0.1) is 0 Å². The van der Waals surface area contributed by atoms with Gasteiger partial charge in [-0.05, 0) is 35.4 Å². The molecule has 3 aromatic rings. The fourth-order valence-electron chi connectivity index (χ4n) is 3.08. The zero-order valence-electron chi connectivity index (χ0n) is 16.8. The molecule has 2 nitrogen and oxygen atoms in total. The average molecular weight is 409 g/mol. The molecule has 0 radical (unpaired) electrons. The van der Waals surface area contributed by atoms with Gasteiger partial charge in [-0.25, -0.2) is 0 Å². The molecule has 0 aliphatic carbocycles. The van der Waals surface area contributed by atoms with Gasteiger partial charge in [0.1, 0.15) is 0 Å². The lowest BCUT2D eigenvalue weighted by Gasteiger charge is -2.26. The number of pyridine rings is 1. The van der Waals surface area contributed by atoms with E-state index in [0.717, 1.165) is 30.2 Å². The van der Waals surface area contributed by atoms with Crippen molar-refractivity contribution < 1.29 is 0 Å². The lowest BCUT2D eigenvalue weighted by atomic mass is 10.1. The highest BCUT2D eigenvalue weighted by Gasteiger charge is 2.17. The number of thiol groups is 1. The summed E-state index contributed by atoms with van der Waals surface area (Å²) in [6.07, 6.45) is 1.86. The van der Waals surface area contributed by atoms with Crippen molar-refractivity contribution in [1.29, 1.82) is 0 Å². The molecule has 1 aromatic heterocycles. The van der Waals surface area contributed by atoms with Crippen molar-refractivity contribution in [3.05, 3.63) is 89.7 Å². The van der Waals surface area contributed by atoms with E-state index in [-0.39, 0.29) is 4.75 Å². The summed E-state index contributed by atoms with van der Waals surface area (Å²) in [6, 6.07) is 23.2. The van der Waals surface area contributed by atoms with Gasteiger partial charge in [0, 0.05) is 40.4 Å². The number of hydrogen-bond donors (Lipinski definition) is 1. The minimum absolute atomic E-state index is 0.180. The third-order valence-electron chi connectivity index (χ3n) is 4.28. The summed E-state index contributed by atoms with van der Waals surface area (Å²) in [6.45, 7) is 9.30. The zero-order valence-corrected chi connectivity index (χ0v) is 18.5. The van der Waals surface area contributed by atoms with Crippen LogP contribution in [0.15, 0.2) is 82.7 Å². The predicted molar refractivity (Wildman–Crippen MR) is 123 cm³/mol. The number of benzene rings is 2. The first-order valence-electron chi connectivity index (χ1n) is 9.57. The van der Waals surface area contributed by atoms with Gasteiger partial charge in [0.2, 0.25) is 0 Å². The van der Waals surface area contributed by atoms with Crippen molar-refractivity contribution in [1.82, 2.24) is 9.88 Å². The smallest absolute Gasteiger partial charge is 0.0544 e. The minimum Gasteiger partial charge on any atom is -0.289 e. The number of hydrogen-bond acceptors (Lipinski definition) is 4. The van der Waals surface area contributed by atoms with Gasteiger partial charge in [-0.1, -0.05) is 63.2 Å². The van der Waals surface area contributed by atoms with Crippen LogP contribution in [0.5, 0.6) is 0 Å². The molecule has 2 aromatic carbocycles. The molecule has 0 aliphatic heterocycles. The lowest BCUT2D eigenvalue weighted by molar-refractivity contribution is 0.241. The first-order chi connectivity index (χ1) is 13.4. The zero-order chi connectivity index (χ0) is 20.0. The molecule has 146 valence electrons. The van der Waals surface area contributed by atoms with E-state index in [1.807, 2.05) is 30.1 Å². The molecule has 0 amide bonds. The molecule has 0 spiro atoms. The van der Waals surface area contributed by atoms with Crippen LogP contribution in [0.25, 0.3) is 0 Å². The Balaban J connectivity index is 1.86. The molecule has 0 fully saturated rings. The summed E-state index contributed by atoms with van der Waals surface area (Å²) >= 11 is 6.58. The molecule has 0 saturated heterocycles. The number of aromatic nitrogens is 1. The van der Waals surface area contributed by atoms with Crippen LogP contribution in [-0.2, 0) is 19.6 Å². The highest BCUT2D eigenvalue weighted by atomic mass is 32.2. The summed E-state index contributed by atoms with van der Waals surface area (Å²) in [5, 5.41) is 0. The third kappa shape index (κ3) is 6.40. The van der Waals surface area contributed by atoms with Gasteiger partial charge >= 0.3 is 0 Å². The maximum Gasteiger partial charge on any atom is 0.0544 e. The Morgan fingerprint density at radius 2 is 1.46 bits per heavy atom. The van der Waals surface area contributed by atoms with E-state index in [4.69, 9.17) is 0 Å². The Kier molecular flexibility index (Phi) is 7.22. The molecule has 0 unspecified atom stereocenters. The van der Waals surface area contributed by atoms with Gasteiger partial charge in [-0.15, -0.1) is 24.4 Å². The van der Waals surface area contributed by atoms with Gasteiger partial charge < -0.3 is 0 Å². The highest BCUT2D eigenvalue weighted by molar-refractivity contribution is 8.00. The van der Waals surface area contributed by atoms with E-state index in [1.165, 1.54) is 16.0 Å². The maximum atomic E-state index is 4.66. The van der Waals surface area contributed by atoms with Gasteiger partial charge in [0.05, 0.1) is 5.69 Å². The minimum atomic E-state index is 0.180. The third-order valence-corrected chi connectivity index (χ3v) is 5.95. The monoisotopic (exact) mass is 408 g/mol. The summed E-state index contributed by atoms with van der Waals surface area (Å²) in [4.78, 5) is 9.36. The molecular weight excluding hydrogens is 380 g/mol. The standard InChI is InChI=1S/C24H28N2S2/c1-24(2,3)28-23-14-7-5-11-20(23)17-26(18-21-12-8-9-15-25-21)16-19-10-4-6-13-22(19)27/h4-15,27H,16-18H2,1-3H3. The second kappa shape index (κ2) is 9.64. The molecule has 4 heteroatoms. The van der Waals surface area contributed by atoms with E-state index < -0.39 is 0 Å². The summed E-state index contributed by atoms with van der Waals surface area (Å²) in [5.74, 6) is 0. The molecule has 0 saturated carbocycles. The maximum absolute atomic E-state index is 4.66. The molecule has 1 heterocycles. The van der Waals surface area contributed by atoms with Crippen molar-refractivity contribution in [2.24, 2.45) is 0 Å². The van der Waals surface area contributed by atoms with Crippen LogP contribution in [0.4, 0.5) is 0 Å². The Bertz CT molecular complexity index is 888. The Hall–Kier alpha value is -1.75. The van der Waals surface area contributed by atoms with E-state index in [0.29, 0.717) is 0 Å². The van der Waals surface area contributed by atoms with Crippen LogP contribution >= 0.6 is 24.4 Å². The molecule has 28 heavy (non-hydrogen) atoms. The van der Waals surface area contributed by atoms with Gasteiger partial charge in [-0.3, -0.25) is 9.88 Å². The summed E-state index contributed by atoms with van der Waals surface area (Å²) < 4.78 is 0.180. The van der Waals surface area contributed by atoms with E-state index in [9.17, 15) is 0 Å². The predicted octanol–water partition coefficient (Wildman–Crippen LogP) is 6.46. The van der Waals surface area contributed by atoms with Crippen LogP contribution in [-0.4, -0.2) is 14.6 Å². The van der Waals surface area contributed by atoms with Crippen LogP contribution in [0.3, 0.4) is 0 Å². The van der Waals surface area contributed by atoms with Crippen LogP contribution < -0.4 is 0 Å². The lowest BCUT2D eigenvalue weighted by Crippen LogP contribution is -2.23. The van der Waals surface area contributed by atoms with Crippen molar-refractivity contribution in [2.45, 2.75) is 54.9 Å². The Labute approximate surface area is 178 Å². The van der Waals surface area contributed by atoms with Crippen molar-refractivity contribution in [2.75, 3.05) is 0 Å². The molecule has 0 N–H and O–H groups in total. The number of rotatable bonds is 7. The van der Waals surface area contributed by atoms with Crippen molar-refractivity contribution >= 4 is 24.4 Å². The first kappa shape index (κ1) is 21.0. The van der Waals surface area contributed by atoms with Gasteiger partial charge in [0.25, 0.3) is 0 Å². The number of thioether (sulfide) groups is 1. The molecule has 3 rings (SSSR count). The van der Waals surface area contributed by atoms with E-state index >= 15 is 0 Å². The van der Waals surface area contributed by atoms with Crippen LogP contribution in [0.2, 0.25) is 0 Å². The normalized spacial score (nSPS) is 11.8. The summed E-state index contributed by atoms with van der Waals surface area (Å²) in [7, 11) is 0. The first-order valence-corrected chi connectivity index (χ1v) is 10.8. The average Bonchev–Trinajstić information content (AvgIpc) is 2.65. The molecular formula is C24H28N2S2.